The minimum Gasteiger partial charge on any atom is -0.265 e. The fraction of sp³-hybridized carbons (Fsp3) is 0.0625. The summed E-state index contributed by atoms with van der Waals surface area (Å²) in [6, 6.07) is 9.40. The van der Waals surface area contributed by atoms with Gasteiger partial charge in [-0.15, -0.1) is 5.11 Å². The summed E-state index contributed by atoms with van der Waals surface area (Å²) in [6.07, 6.45) is 8.28. The normalized spacial score (nSPS) is 11.3. The SMILES string of the molecule is c1ccc(-n2ncc3c(N=NCc4ccncc4)ncnc32)nc1. The summed E-state index contributed by atoms with van der Waals surface area (Å²) in [5.74, 6) is 1.17. The Balaban J connectivity index is 1.66. The Bertz CT molecular complexity index is 979. The molecule has 8 nitrogen and oxygen atoms in total. The van der Waals surface area contributed by atoms with E-state index in [4.69, 9.17) is 0 Å². The van der Waals surface area contributed by atoms with E-state index in [0.29, 0.717) is 23.8 Å². The minimum atomic E-state index is 0.461. The molecular formula is C16H12N8. The molecule has 0 aliphatic heterocycles. The van der Waals surface area contributed by atoms with E-state index in [9.17, 15) is 0 Å². The molecule has 0 N–H and O–H groups in total. The molecule has 4 aromatic rings. The second kappa shape index (κ2) is 6.29. The highest BCUT2D eigenvalue weighted by molar-refractivity contribution is 5.85. The van der Waals surface area contributed by atoms with Gasteiger partial charge in [-0.3, -0.25) is 4.98 Å². The molecule has 8 heteroatoms. The maximum absolute atomic E-state index is 4.33. The lowest BCUT2D eigenvalue weighted by atomic mass is 10.3. The van der Waals surface area contributed by atoms with Crippen LogP contribution in [0.3, 0.4) is 0 Å². The van der Waals surface area contributed by atoms with Crippen molar-refractivity contribution in [2.75, 3.05) is 0 Å². The van der Waals surface area contributed by atoms with Gasteiger partial charge in [0.15, 0.2) is 17.3 Å². The van der Waals surface area contributed by atoms with Crippen molar-refractivity contribution in [1.82, 2.24) is 29.7 Å². The largest absolute Gasteiger partial charge is 0.265 e. The molecule has 4 aromatic heterocycles. The first kappa shape index (κ1) is 14.1. The molecule has 4 rings (SSSR count). The Morgan fingerprint density at radius 2 is 1.88 bits per heavy atom. The van der Waals surface area contributed by atoms with Gasteiger partial charge >= 0.3 is 0 Å². The quantitative estimate of drug-likeness (QED) is 0.540. The number of aromatic nitrogens is 6. The maximum atomic E-state index is 4.33. The molecule has 0 radical (unpaired) electrons. The molecule has 0 bridgehead atoms. The molecule has 0 aliphatic carbocycles. The highest BCUT2D eigenvalue weighted by Crippen LogP contribution is 2.23. The van der Waals surface area contributed by atoms with Crippen molar-refractivity contribution in [2.24, 2.45) is 10.2 Å². The van der Waals surface area contributed by atoms with Gasteiger partial charge in [0, 0.05) is 18.6 Å². The molecule has 116 valence electrons. The predicted molar refractivity (Wildman–Crippen MR) is 86.9 cm³/mol. The van der Waals surface area contributed by atoms with Crippen molar-refractivity contribution >= 4 is 16.9 Å². The summed E-state index contributed by atoms with van der Waals surface area (Å²) < 4.78 is 1.65. The number of rotatable bonds is 4. The van der Waals surface area contributed by atoms with Crippen LogP contribution in [-0.4, -0.2) is 29.7 Å². The Hall–Kier alpha value is -3.55. The standard InChI is InChI=1S/C16H12N8/c1-2-6-18-14(3-1)24-16-13(10-22-24)15(19-11-20-16)23-21-9-12-4-7-17-8-5-12/h1-8,10-11H,9H2. The van der Waals surface area contributed by atoms with Crippen LogP contribution in [0, 0.1) is 0 Å². The average molecular weight is 316 g/mol. The topological polar surface area (TPSA) is 94.1 Å². The molecular weight excluding hydrogens is 304 g/mol. The van der Waals surface area contributed by atoms with E-state index in [1.54, 1.807) is 29.5 Å². The van der Waals surface area contributed by atoms with Gasteiger partial charge in [0.05, 0.1) is 18.1 Å². The van der Waals surface area contributed by atoms with E-state index in [-0.39, 0.29) is 0 Å². The lowest BCUT2D eigenvalue weighted by Gasteiger charge is -2.00. The molecule has 0 amide bonds. The molecule has 0 aromatic carbocycles. The number of fused-ring (bicyclic) bond motifs is 1. The maximum Gasteiger partial charge on any atom is 0.188 e. The smallest absolute Gasteiger partial charge is 0.188 e. The first-order valence-corrected chi connectivity index (χ1v) is 7.28. The molecule has 0 atom stereocenters. The van der Waals surface area contributed by atoms with E-state index >= 15 is 0 Å². The zero-order valence-electron chi connectivity index (χ0n) is 12.6. The lowest BCUT2D eigenvalue weighted by Crippen LogP contribution is -1.99. The highest BCUT2D eigenvalue weighted by Gasteiger charge is 2.11. The van der Waals surface area contributed by atoms with Crippen LogP contribution in [0.1, 0.15) is 5.56 Å². The minimum absolute atomic E-state index is 0.461. The third-order valence-electron chi connectivity index (χ3n) is 3.38. The second-order valence-corrected chi connectivity index (χ2v) is 4.93. The summed E-state index contributed by atoms with van der Waals surface area (Å²) in [5.41, 5.74) is 1.67. The highest BCUT2D eigenvalue weighted by atomic mass is 15.3. The van der Waals surface area contributed by atoms with Crippen LogP contribution >= 0.6 is 0 Å². The molecule has 0 unspecified atom stereocenters. The van der Waals surface area contributed by atoms with Crippen molar-refractivity contribution < 1.29 is 0 Å². The van der Waals surface area contributed by atoms with Gasteiger partial charge in [-0.05, 0) is 29.8 Å². The molecule has 0 saturated carbocycles. The van der Waals surface area contributed by atoms with Crippen molar-refractivity contribution in [3.63, 3.8) is 0 Å². The number of pyridine rings is 2. The van der Waals surface area contributed by atoms with Crippen LogP contribution in [0.15, 0.2) is 71.7 Å². The fourth-order valence-electron chi connectivity index (χ4n) is 2.23. The van der Waals surface area contributed by atoms with Crippen LogP contribution in [0.4, 0.5) is 5.82 Å². The molecule has 0 saturated heterocycles. The Kier molecular flexibility index (Phi) is 3.69. The van der Waals surface area contributed by atoms with Crippen LogP contribution in [-0.2, 0) is 6.54 Å². The van der Waals surface area contributed by atoms with E-state index < -0.39 is 0 Å². The Labute approximate surface area is 137 Å². The summed E-state index contributed by atoms with van der Waals surface area (Å²) in [6.45, 7) is 0.461. The van der Waals surface area contributed by atoms with E-state index in [2.05, 4.69) is 35.3 Å². The molecule has 0 spiro atoms. The third-order valence-corrected chi connectivity index (χ3v) is 3.38. The predicted octanol–water partition coefficient (Wildman–Crippen LogP) is 2.89. The zero-order chi connectivity index (χ0) is 16.2. The van der Waals surface area contributed by atoms with Gasteiger partial charge in [0.1, 0.15) is 6.33 Å². The van der Waals surface area contributed by atoms with E-state index in [0.717, 1.165) is 10.9 Å². The fourth-order valence-corrected chi connectivity index (χ4v) is 2.23. The van der Waals surface area contributed by atoms with Crippen molar-refractivity contribution in [3.05, 3.63) is 67.0 Å². The van der Waals surface area contributed by atoms with Crippen molar-refractivity contribution in [1.29, 1.82) is 0 Å². The number of azo groups is 1. The van der Waals surface area contributed by atoms with Crippen molar-refractivity contribution in [3.8, 4) is 5.82 Å². The summed E-state index contributed by atoms with van der Waals surface area (Å²) in [5, 5.41) is 13.5. The van der Waals surface area contributed by atoms with Crippen molar-refractivity contribution in [2.45, 2.75) is 6.54 Å². The number of nitrogens with zero attached hydrogens (tertiary/aromatic N) is 8. The second-order valence-electron chi connectivity index (χ2n) is 4.93. The number of hydrogen-bond donors (Lipinski definition) is 0. The Morgan fingerprint density at radius 3 is 2.71 bits per heavy atom. The summed E-state index contributed by atoms with van der Waals surface area (Å²) in [4.78, 5) is 16.7. The molecule has 0 fully saturated rings. The lowest BCUT2D eigenvalue weighted by molar-refractivity contribution is 0.861. The van der Waals surface area contributed by atoms with Crippen LogP contribution in [0.25, 0.3) is 16.9 Å². The first-order chi connectivity index (χ1) is 11.9. The van der Waals surface area contributed by atoms with Crippen LogP contribution < -0.4 is 0 Å². The average Bonchev–Trinajstić information content (AvgIpc) is 3.08. The monoisotopic (exact) mass is 316 g/mol. The van der Waals surface area contributed by atoms with Gasteiger partial charge in [-0.2, -0.15) is 14.9 Å². The van der Waals surface area contributed by atoms with Crippen LogP contribution in [0.5, 0.6) is 0 Å². The van der Waals surface area contributed by atoms with E-state index in [1.807, 2.05) is 30.3 Å². The molecule has 24 heavy (non-hydrogen) atoms. The zero-order valence-corrected chi connectivity index (χ0v) is 12.6. The van der Waals surface area contributed by atoms with Gasteiger partial charge < -0.3 is 0 Å². The van der Waals surface area contributed by atoms with Gasteiger partial charge in [-0.1, -0.05) is 6.07 Å². The number of hydrogen-bond acceptors (Lipinski definition) is 7. The molecule has 4 heterocycles. The first-order valence-electron chi connectivity index (χ1n) is 7.28. The van der Waals surface area contributed by atoms with Crippen LogP contribution in [0.2, 0.25) is 0 Å². The van der Waals surface area contributed by atoms with Gasteiger partial charge in [0.25, 0.3) is 0 Å². The van der Waals surface area contributed by atoms with Gasteiger partial charge in [0.2, 0.25) is 0 Å². The summed E-state index contributed by atoms with van der Waals surface area (Å²) in [7, 11) is 0. The summed E-state index contributed by atoms with van der Waals surface area (Å²) >= 11 is 0. The molecule has 0 aliphatic rings. The Morgan fingerprint density at radius 1 is 0.958 bits per heavy atom. The third kappa shape index (κ3) is 2.72. The van der Waals surface area contributed by atoms with E-state index in [1.165, 1.54) is 6.33 Å². The van der Waals surface area contributed by atoms with Gasteiger partial charge in [-0.25, -0.2) is 15.0 Å².